The first-order chi connectivity index (χ1) is 15.0. The Bertz CT molecular complexity index is 712. The molecule has 1 aromatic rings. The molecule has 3 rings (SSSR count). The molecule has 180 valence electrons. The minimum absolute atomic E-state index is 0. The maximum absolute atomic E-state index is 12.1. The van der Waals surface area contributed by atoms with E-state index in [0.717, 1.165) is 71.3 Å². The highest BCUT2D eigenvalue weighted by molar-refractivity contribution is 14.0. The molecular weight excluding hydrogens is 519 g/mol. The quantitative estimate of drug-likeness (QED) is 0.226. The molecule has 0 bridgehead atoms. The number of likely N-dealkylation sites (N-methyl/N-ethyl adjacent to an activating group) is 1. The van der Waals surface area contributed by atoms with Gasteiger partial charge in [-0.3, -0.25) is 9.69 Å². The molecule has 1 atom stereocenters. The van der Waals surface area contributed by atoms with Gasteiger partial charge in [-0.1, -0.05) is 18.2 Å². The van der Waals surface area contributed by atoms with Crippen molar-refractivity contribution in [2.75, 3.05) is 85.1 Å². The van der Waals surface area contributed by atoms with Crippen LogP contribution in [0.3, 0.4) is 0 Å². The summed E-state index contributed by atoms with van der Waals surface area (Å²) in [4.78, 5) is 25.5. The highest BCUT2D eigenvalue weighted by atomic mass is 127. The van der Waals surface area contributed by atoms with Crippen LogP contribution in [0.1, 0.15) is 12.8 Å². The van der Waals surface area contributed by atoms with Gasteiger partial charge in [0.2, 0.25) is 5.91 Å². The van der Waals surface area contributed by atoms with Crippen LogP contribution < -0.4 is 10.2 Å². The van der Waals surface area contributed by atoms with E-state index in [9.17, 15) is 4.79 Å². The average molecular weight is 559 g/mol. The van der Waals surface area contributed by atoms with Crippen LogP contribution in [-0.2, 0) is 9.53 Å². The highest BCUT2D eigenvalue weighted by Crippen LogP contribution is 2.17. The molecule has 2 saturated heterocycles. The van der Waals surface area contributed by atoms with Gasteiger partial charge < -0.3 is 24.8 Å². The molecule has 0 aliphatic carbocycles. The van der Waals surface area contributed by atoms with E-state index in [1.165, 1.54) is 5.69 Å². The first kappa shape index (κ1) is 26.7. The Morgan fingerprint density at radius 2 is 1.88 bits per heavy atom. The van der Waals surface area contributed by atoms with Gasteiger partial charge in [0.25, 0.3) is 0 Å². The molecule has 9 heteroatoms. The third-order valence-corrected chi connectivity index (χ3v) is 6.04. The fraction of sp³-hybridized carbons (Fsp3) is 0.652. The van der Waals surface area contributed by atoms with Gasteiger partial charge in [0.15, 0.2) is 5.96 Å². The van der Waals surface area contributed by atoms with Crippen LogP contribution in [0.2, 0.25) is 0 Å². The molecule has 2 heterocycles. The number of hydrogen-bond donors (Lipinski definition) is 1. The fourth-order valence-corrected chi connectivity index (χ4v) is 4.05. The second-order valence-electron chi connectivity index (χ2n) is 8.50. The molecule has 0 saturated carbocycles. The first-order valence-electron chi connectivity index (χ1n) is 11.4. The molecule has 8 nitrogen and oxygen atoms in total. The van der Waals surface area contributed by atoms with Crippen molar-refractivity contribution in [3.8, 4) is 0 Å². The summed E-state index contributed by atoms with van der Waals surface area (Å²) in [5.41, 5.74) is 1.22. The van der Waals surface area contributed by atoms with Crippen LogP contribution in [0.4, 0.5) is 5.69 Å². The summed E-state index contributed by atoms with van der Waals surface area (Å²) in [5, 5.41) is 3.52. The van der Waals surface area contributed by atoms with E-state index < -0.39 is 0 Å². The molecule has 2 fully saturated rings. The Balaban J connectivity index is 0.00000363. The van der Waals surface area contributed by atoms with Crippen LogP contribution >= 0.6 is 24.0 Å². The Morgan fingerprint density at radius 1 is 1.16 bits per heavy atom. The molecule has 32 heavy (non-hydrogen) atoms. The van der Waals surface area contributed by atoms with Gasteiger partial charge in [0.1, 0.15) is 6.54 Å². The zero-order valence-corrected chi connectivity index (χ0v) is 22.0. The van der Waals surface area contributed by atoms with E-state index in [4.69, 9.17) is 4.74 Å². The zero-order chi connectivity index (χ0) is 22.1. The van der Waals surface area contributed by atoms with E-state index in [-0.39, 0.29) is 36.4 Å². The first-order valence-corrected chi connectivity index (χ1v) is 11.4. The third-order valence-electron chi connectivity index (χ3n) is 6.04. The van der Waals surface area contributed by atoms with Crippen LogP contribution in [0.5, 0.6) is 0 Å². The van der Waals surface area contributed by atoms with E-state index in [2.05, 4.69) is 56.3 Å². The number of ether oxygens (including phenoxy) is 1. The number of amides is 1. The summed E-state index contributed by atoms with van der Waals surface area (Å²) in [7, 11) is 5.66. The number of carbonyl (C=O) groups excluding carboxylic acids is 1. The lowest BCUT2D eigenvalue weighted by molar-refractivity contribution is -0.127. The molecule has 2 aliphatic heterocycles. The van der Waals surface area contributed by atoms with E-state index in [1.807, 2.05) is 6.07 Å². The van der Waals surface area contributed by atoms with E-state index >= 15 is 0 Å². The van der Waals surface area contributed by atoms with Gasteiger partial charge in [-0.2, -0.15) is 0 Å². The minimum atomic E-state index is 0. The Labute approximate surface area is 210 Å². The van der Waals surface area contributed by atoms with Crippen molar-refractivity contribution in [2.45, 2.75) is 18.9 Å². The van der Waals surface area contributed by atoms with Crippen molar-refractivity contribution >= 4 is 41.5 Å². The SMILES string of the molecule is CN(C)C(=O)CN=C(NCCCN(C)c1ccccc1)N1CCC(N2CCOCC2)C1.I. The Morgan fingerprint density at radius 3 is 2.56 bits per heavy atom. The summed E-state index contributed by atoms with van der Waals surface area (Å²) >= 11 is 0. The summed E-state index contributed by atoms with van der Waals surface area (Å²) in [6.07, 6.45) is 2.12. The van der Waals surface area contributed by atoms with E-state index in [1.54, 1.807) is 19.0 Å². The fourth-order valence-electron chi connectivity index (χ4n) is 4.05. The van der Waals surface area contributed by atoms with Crippen molar-refractivity contribution in [1.82, 2.24) is 20.0 Å². The second-order valence-corrected chi connectivity index (χ2v) is 8.50. The number of aliphatic imine (C=N–C) groups is 1. The van der Waals surface area contributed by atoms with Gasteiger partial charge >= 0.3 is 0 Å². The predicted molar refractivity (Wildman–Crippen MR) is 141 cm³/mol. The number of nitrogens with one attached hydrogen (secondary N) is 1. The van der Waals surface area contributed by atoms with Crippen molar-refractivity contribution in [2.24, 2.45) is 4.99 Å². The van der Waals surface area contributed by atoms with Gasteiger partial charge in [0.05, 0.1) is 13.2 Å². The number of carbonyl (C=O) groups is 1. The minimum Gasteiger partial charge on any atom is -0.379 e. The number of benzene rings is 1. The maximum atomic E-state index is 12.1. The topological polar surface area (TPSA) is 63.7 Å². The largest absolute Gasteiger partial charge is 0.379 e. The lowest BCUT2D eigenvalue weighted by atomic mass is 10.2. The number of morpholine rings is 1. The van der Waals surface area contributed by atoms with Gasteiger partial charge in [-0.25, -0.2) is 4.99 Å². The summed E-state index contributed by atoms with van der Waals surface area (Å²) < 4.78 is 5.50. The molecule has 0 spiro atoms. The maximum Gasteiger partial charge on any atom is 0.243 e. The number of anilines is 1. The highest BCUT2D eigenvalue weighted by Gasteiger charge is 2.30. The lowest BCUT2D eigenvalue weighted by Gasteiger charge is -2.32. The lowest BCUT2D eigenvalue weighted by Crippen LogP contribution is -2.47. The second kappa shape index (κ2) is 13.8. The summed E-state index contributed by atoms with van der Waals surface area (Å²) in [6.45, 7) is 7.52. The predicted octanol–water partition coefficient (Wildman–Crippen LogP) is 1.57. The zero-order valence-electron chi connectivity index (χ0n) is 19.7. The molecule has 0 aromatic heterocycles. The number of para-hydroxylation sites is 1. The number of rotatable bonds is 8. The summed E-state index contributed by atoms with van der Waals surface area (Å²) in [5.74, 6) is 0.875. The number of likely N-dealkylation sites (tertiary alicyclic amines) is 1. The van der Waals surface area contributed by atoms with Crippen LogP contribution in [-0.4, -0.2) is 113 Å². The Kier molecular flexibility index (Phi) is 11.5. The van der Waals surface area contributed by atoms with Crippen LogP contribution in [0.25, 0.3) is 0 Å². The molecule has 1 N–H and O–H groups in total. The molecule has 1 aromatic carbocycles. The van der Waals surface area contributed by atoms with Crippen LogP contribution in [0.15, 0.2) is 35.3 Å². The molecular formula is C23H39IN6O2. The Hall–Kier alpha value is -1.59. The number of hydrogen-bond acceptors (Lipinski definition) is 5. The van der Waals surface area contributed by atoms with Gasteiger partial charge in [-0.15, -0.1) is 24.0 Å². The van der Waals surface area contributed by atoms with Crippen molar-refractivity contribution in [3.63, 3.8) is 0 Å². The summed E-state index contributed by atoms with van der Waals surface area (Å²) in [6, 6.07) is 11.0. The number of guanidine groups is 1. The smallest absolute Gasteiger partial charge is 0.243 e. The number of nitrogens with zero attached hydrogens (tertiary/aromatic N) is 5. The van der Waals surface area contributed by atoms with Crippen LogP contribution in [0, 0.1) is 0 Å². The normalized spacial score (nSPS) is 19.4. The van der Waals surface area contributed by atoms with Crippen molar-refractivity contribution < 1.29 is 9.53 Å². The molecule has 1 amide bonds. The third kappa shape index (κ3) is 8.08. The van der Waals surface area contributed by atoms with Crippen molar-refractivity contribution in [1.29, 1.82) is 0 Å². The van der Waals surface area contributed by atoms with Crippen molar-refractivity contribution in [3.05, 3.63) is 30.3 Å². The average Bonchev–Trinajstić information content (AvgIpc) is 3.29. The van der Waals surface area contributed by atoms with Gasteiger partial charge in [-0.05, 0) is 25.0 Å². The van der Waals surface area contributed by atoms with E-state index in [0.29, 0.717) is 6.04 Å². The molecule has 2 aliphatic rings. The van der Waals surface area contributed by atoms with Gasteiger partial charge in [0, 0.05) is 72.1 Å². The number of halogens is 1. The monoisotopic (exact) mass is 558 g/mol. The molecule has 1 unspecified atom stereocenters. The molecule has 0 radical (unpaired) electrons. The standard InChI is InChI=1S/C23H38N6O2.HI/c1-26(2)22(30)18-25-23(24-11-7-12-27(3)20-8-5-4-6-9-20)29-13-10-21(19-29)28-14-16-31-17-15-28;/h4-6,8-9,21H,7,10-19H2,1-3H3,(H,24,25);1H.